The van der Waals surface area contributed by atoms with E-state index in [1.165, 1.54) is 0 Å². The summed E-state index contributed by atoms with van der Waals surface area (Å²) in [6.45, 7) is 0. The maximum Gasteiger partial charge on any atom is 0.164 e. The van der Waals surface area contributed by atoms with Crippen LogP contribution < -0.4 is 0 Å². The molecule has 6 heteroatoms. The van der Waals surface area contributed by atoms with Crippen molar-refractivity contribution in [1.82, 2.24) is 24.9 Å². The lowest BCUT2D eigenvalue weighted by atomic mass is 10.0. The second-order valence-corrected chi connectivity index (χ2v) is 11.7. The van der Waals surface area contributed by atoms with E-state index in [1.807, 2.05) is 97.1 Å². The quantitative estimate of drug-likeness (QED) is 0.172. The van der Waals surface area contributed by atoms with Crippen LogP contribution in [0.2, 0.25) is 0 Å². The predicted octanol–water partition coefficient (Wildman–Crippen LogP) is 10.2. The van der Waals surface area contributed by atoms with Crippen LogP contribution in [0, 0.1) is 11.3 Å². The van der Waals surface area contributed by atoms with Gasteiger partial charge in [0.15, 0.2) is 23.3 Å². The summed E-state index contributed by atoms with van der Waals surface area (Å²) in [5, 5.41) is 9.47. The monoisotopic (exact) mass is 640 g/mol. The summed E-state index contributed by atoms with van der Waals surface area (Å²) in [5.74, 6) is 2.32. The van der Waals surface area contributed by atoms with E-state index in [0.29, 0.717) is 28.9 Å². The summed E-state index contributed by atoms with van der Waals surface area (Å²) in [6.07, 6.45) is 0. The van der Waals surface area contributed by atoms with E-state index in [1.54, 1.807) is 12.1 Å². The average molecular weight is 641 g/mol. The number of hydrogen-bond donors (Lipinski definition) is 0. The molecule has 8 rings (SSSR count). The first kappa shape index (κ1) is 30.2. The highest BCUT2D eigenvalue weighted by Crippen LogP contribution is 2.31. The number of rotatable bonds is 7. The minimum absolute atomic E-state index is 0.514. The Balaban J connectivity index is 1.12. The first-order chi connectivity index (χ1) is 24.7. The molecule has 2 heterocycles. The van der Waals surface area contributed by atoms with E-state index in [-0.39, 0.29) is 0 Å². The summed E-state index contributed by atoms with van der Waals surface area (Å²) in [5.41, 5.74) is 9.97. The summed E-state index contributed by atoms with van der Waals surface area (Å²) in [7, 11) is 0. The zero-order valence-corrected chi connectivity index (χ0v) is 26.8. The molecule has 0 unspecified atom stereocenters. The van der Waals surface area contributed by atoms with Crippen molar-refractivity contribution in [2.24, 2.45) is 0 Å². The van der Waals surface area contributed by atoms with Gasteiger partial charge in [-0.2, -0.15) is 5.26 Å². The van der Waals surface area contributed by atoms with Gasteiger partial charge in [-0.1, -0.05) is 152 Å². The maximum atomic E-state index is 9.47. The number of aromatic nitrogens is 5. The fourth-order valence-corrected chi connectivity index (χ4v) is 5.79. The second kappa shape index (κ2) is 13.6. The van der Waals surface area contributed by atoms with Gasteiger partial charge in [0, 0.05) is 33.4 Å². The van der Waals surface area contributed by atoms with Crippen LogP contribution in [0.3, 0.4) is 0 Å². The molecule has 0 atom stereocenters. The Bertz CT molecular complexity index is 2400. The molecule has 50 heavy (non-hydrogen) atoms. The standard InChI is InChI=1S/C44H28N6/c45-29-30-11-10-18-38(27-30)44-49-42(35-16-8-3-9-17-35)48-43(50-44)37-25-21-32(22-26-37)31-19-23-36(24-20-31)41-46-39(33-12-4-1-5-13-33)28-40(47-41)34-14-6-2-7-15-34/h1-28H. The normalized spacial score (nSPS) is 10.8. The van der Waals surface area contributed by atoms with Gasteiger partial charge in [0.05, 0.1) is 23.0 Å². The third kappa shape index (κ3) is 6.40. The molecule has 0 aliphatic rings. The molecule has 2 aromatic heterocycles. The van der Waals surface area contributed by atoms with Crippen LogP contribution in [0.1, 0.15) is 5.56 Å². The van der Waals surface area contributed by atoms with E-state index in [4.69, 9.17) is 24.9 Å². The van der Waals surface area contributed by atoms with Gasteiger partial charge in [-0.05, 0) is 29.3 Å². The number of hydrogen-bond acceptors (Lipinski definition) is 6. The Labute approximate surface area is 290 Å². The highest BCUT2D eigenvalue weighted by Gasteiger charge is 2.14. The summed E-state index contributed by atoms with van der Waals surface area (Å²) in [6, 6.07) is 58.4. The van der Waals surface area contributed by atoms with Crippen molar-refractivity contribution in [1.29, 1.82) is 5.26 Å². The third-order valence-electron chi connectivity index (χ3n) is 8.40. The van der Waals surface area contributed by atoms with Crippen LogP contribution in [0.5, 0.6) is 0 Å². The molecule has 234 valence electrons. The molecule has 0 radical (unpaired) electrons. The van der Waals surface area contributed by atoms with Gasteiger partial charge in [-0.25, -0.2) is 24.9 Å². The van der Waals surface area contributed by atoms with Crippen molar-refractivity contribution >= 4 is 0 Å². The highest BCUT2D eigenvalue weighted by atomic mass is 15.0. The predicted molar refractivity (Wildman–Crippen MR) is 198 cm³/mol. The van der Waals surface area contributed by atoms with Gasteiger partial charge in [0.1, 0.15) is 0 Å². The lowest BCUT2D eigenvalue weighted by Crippen LogP contribution is -2.00. The minimum Gasteiger partial charge on any atom is -0.228 e. The fourth-order valence-electron chi connectivity index (χ4n) is 5.79. The Morgan fingerprint density at radius 1 is 0.300 bits per heavy atom. The van der Waals surface area contributed by atoms with E-state index in [0.717, 1.165) is 55.9 Å². The Morgan fingerprint density at radius 3 is 1.12 bits per heavy atom. The topological polar surface area (TPSA) is 88.2 Å². The van der Waals surface area contributed by atoms with Gasteiger partial charge in [0.25, 0.3) is 0 Å². The lowest BCUT2D eigenvalue weighted by Gasteiger charge is -2.10. The summed E-state index contributed by atoms with van der Waals surface area (Å²) in [4.78, 5) is 24.4. The average Bonchev–Trinajstić information content (AvgIpc) is 3.21. The van der Waals surface area contributed by atoms with Gasteiger partial charge in [-0.3, -0.25) is 0 Å². The van der Waals surface area contributed by atoms with E-state index in [9.17, 15) is 5.26 Å². The van der Waals surface area contributed by atoms with Crippen LogP contribution in [0.25, 0.3) is 79.2 Å². The van der Waals surface area contributed by atoms with Crippen molar-refractivity contribution in [3.05, 3.63) is 175 Å². The zero-order valence-electron chi connectivity index (χ0n) is 26.8. The lowest BCUT2D eigenvalue weighted by molar-refractivity contribution is 1.07. The molecule has 6 aromatic carbocycles. The Kier molecular flexibility index (Phi) is 8.20. The highest BCUT2D eigenvalue weighted by molar-refractivity contribution is 5.75. The van der Waals surface area contributed by atoms with Crippen molar-refractivity contribution in [3.63, 3.8) is 0 Å². The molecule has 0 spiro atoms. The van der Waals surface area contributed by atoms with Crippen LogP contribution in [0.15, 0.2) is 170 Å². The smallest absolute Gasteiger partial charge is 0.164 e. The molecule has 0 saturated carbocycles. The first-order valence-electron chi connectivity index (χ1n) is 16.2. The molecule has 0 aliphatic heterocycles. The molecular formula is C44H28N6. The molecule has 0 amide bonds. The molecule has 0 bridgehead atoms. The molecule has 0 fully saturated rings. The zero-order chi connectivity index (χ0) is 33.7. The van der Waals surface area contributed by atoms with E-state index >= 15 is 0 Å². The van der Waals surface area contributed by atoms with Crippen LogP contribution in [0.4, 0.5) is 0 Å². The van der Waals surface area contributed by atoms with Crippen LogP contribution in [-0.4, -0.2) is 24.9 Å². The van der Waals surface area contributed by atoms with Crippen LogP contribution >= 0.6 is 0 Å². The Morgan fingerprint density at radius 2 is 0.660 bits per heavy atom. The fraction of sp³-hybridized carbons (Fsp3) is 0. The molecule has 0 N–H and O–H groups in total. The van der Waals surface area contributed by atoms with E-state index in [2.05, 4.69) is 66.7 Å². The van der Waals surface area contributed by atoms with Gasteiger partial charge < -0.3 is 0 Å². The largest absolute Gasteiger partial charge is 0.228 e. The maximum absolute atomic E-state index is 9.47. The summed E-state index contributed by atoms with van der Waals surface area (Å²) < 4.78 is 0. The number of nitrogens with zero attached hydrogens (tertiary/aromatic N) is 6. The third-order valence-corrected chi connectivity index (χ3v) is 8.40. The first-order valence-corrected chi connectivity index (χ1v) is 16.2. The molecule has 0 aliphatic carbocycles. The number of nitriles is 1. The Hall–Kier alpha value is -7.10. The molecule has 6 nitrogen and oxygen atoms in total. The minimum atomic E-state index is 0.514. The van der Waals surface area contributed by atoms with Gasteiger partial charge in [-0.15, -0.1) is 0 Å². The molecular weight excluding hydrogens is 613 g/mol. The van der Waals surface area contributed by atoms with Gasteiger partial charge >= 0.3 is 0 Å². The van der Waals surface area contributed by atoms with Crippen molar-refractivity contribution in [3.8, 4) is 85.3 Å². The van der Waals surface area contributed by atoms with Crippen molar-refractivity contribution in [2.45, 2.75) is 0 Å². The van der Waals surface area contributed by atoms with Gasteiger partial charge in [0.2, 0.25) is 0 Å². The van der Waals surface area contributed by atoms with E-state index < -0.39 is 0 Å². The molecule has 0 saturated heterocycles. The molecule has 8 aromatic rings. The van der Waals surface area contributed by atoms with Crippen molar-refractivity contribution < 1.29 is 0 Å². The van der Waals surface area contributed by atoms with Crippen molar-refractivity contribution in [2.75, 3.05) is 0 Å². The number of benzene rings is 6. The summed E-state index contributed by atoms with van der Waals surface area (Å²) >= 11 is 0. The SMILES string of the molecule is N#Cc1cccc(-c2nc(-c3ccccc3)nc(-c3ccc(-c4ccc(-c5nc(-c6ccccc6)cc(-c6ccccc6)n5)cc4)cc3)n2)c1. The second-order valence-electron chi connectivity index (χ2n) is 11.7. The van der Waals surface area contributed by atoms with Crippen LogP contribution in [-0.2, 0) is 0 Å².